The number of benzene rings is 1. The molecule has 1 atom stereocenters. The average Bonchev–Trinajstić information content (AvgIpc) is 3.33. The minimum absolute atomic E-state index is 0.0886. The van der Waals surface area contributed by atoms with Crippen LogP contribution in [0, 0.1) is 0 Å². The van der Waals surface area contributed by atoms with Crippen molar-refractivity contribution in [2.75, 3.05) is 45.1 Å². The number of nitrogens with zero attached hydrogens (tertiary/aromatic N) is 3. The SMILES string of the molecule is CCNC(=O)Nc1sc2ccccc2c1C(=O)N1CCC(N2CCCC3(C2)OC(=O)N(C)C3=O)CC1. The Morgan fingerprint density at radius 3 is 2.61 bits per heavy atom. The lowest BCUT2D eigenvalue weighted by atomic mass is 9.89. The highest BCUT2D eigenvalue weighted by atomic mass is 32.1. The highest BCUT2D eigenvalue weighted by molar-refractivity contribution is 7.23. The maximum Gasteiger partial charge on any atom is 0.417 e. The van der Waals surface area contributed by atoms with E-state index in [-0.39, 0.29) is 23.9 Å². The van der Waals surface area contributed by atoms with E-state index in [1.807, 2.05) is 36.1 Å². The summed E-state index contributed by atoms with van der Waals surface area (Å²) in [5, 5.41) is 6.97. The summed E-state index contributed by atoms with van der Waals surface area (Å²) in [6, 6.07) is 7.56. The zero-order valence-corrected chi connectivity index (χ0v) is 21.4. The van der Waals surface area contributed by atoms with Gasteiger partial charge < -0.3 is 15.0 Å². The van der Waals surface area contributed by atoms with Gasteiger partial charge in [-0.15, -0.1) is 11.3 Å². The third kappa shape index (κ3) is 4.30. The molecule has 2 aromatic rings. The number of thiophene rings is 1. The lowest BCUT2D eigenvalue weighted by Gasteiger charge is -2.44. The predicted octanol–water partition coefficient (Wildman–Crippen LogP) is 3.09. The van der Waals surface area contributed by atoms with Crippen LogP contribution in [0.3, 0.4) is 0 Å². The Morgan fingerprint density at radius 2 is 1.92 bits per heavy atom. The Labute approximate surface area is 213 Å². The van der Waals surface area contributed by atoms with Crippen LogP contribution in [0.1, 0.15) is 43.0 Å². The van der Waals surface area contributed by atoms with E-state index >= 15 is 0 Å². The summed E-state index contributed by atoms with van der Waals surface area (Å²) in [6.45, 7) is 4.72. The van der Waals surface area contributed by atoms with E-state index in [2.05, 4.69) is 15.5 Å². The monoisotopic (exact) mass is 513 g/mol. The number of ether oxygens (including phenoxy) is 1. The van der Waals surface area contributed by atoms with Crippen LogP contribution in [0.15, 0.2) is 24.3 Å². The van der Waals surface area contributed by atoms with Gasteiger partial charge in [-0.05, 0) is 45.2 Å². The Kier molecular flexibility index (Phi) is 6.60. The van der Waals surface area contributed by atoms with Gasteiger partial charge in [-0.2, -0.15) is 0 Å². The van der Waals surface area contributed by atoms with E-state index < -0.39 is 11.7 Å². The highest BCUT2D eigenvalue weighted by Crippen LogP contribution is 2.38. The number of carbonyl (C=O) groups excluding carboxylic acids is 4. The maximum absolute atomic E-state index is 13.7. The maximum atomic E-state index is 13.7. The van der Waals surface area contributed by atoms with E-state index in [1.54, 1.807) is 0 Å². The van der Waals surface area contributed by atoms with Gasteiger partial charge in [0, 0.05) is 49.4 Å². The Hall–Kier alpha value is -3.18. The zero-order chi connectivity index (χ0) is 25.4. The number of likely N-dealkylation sites (N-methyl/N-ethyl adjacent to an activating group) is 1. The molecule has 3 aliphatic heterocycles. The fourth-order valence-corrected chi connectivity index (χ4v) is 6.63. The number of hydrogen-bond acceptors (Lipinski definition) is 7. The van der Waals surface area contributed by atoms with Crippen LogP contribution in [0.25, 0.3) is 10.1 Å². The van der Waals surface area contributed by atoms with Crippen LogP contribution in [0.2, 0.25) is 0 Å². The molecule has 1 spiro atoms. The van der Waals surface area contributed by atoms with E-state index in [0.29, 0.717) is 43.2 Å². The van der Waals surface area contributed by atoms with Crippen molar-refractivity contribution in [3.05, 3.63) is 29.8 Å². The summed E-state index contributed by atoms with van der Waals surface area (Å²) in [4.78, 5) is 55.8. The number of imide groups is 1. The van der Waals surface area contributed by atoms with Crippen molar-refractivity contribution in [1.29, 1.82) is 0 Å². The summed E-state index contributed by atoms with van der Waals surface area (Å²) >= 11 is 1.40. The first kappa shape index (κ1) is 24.5. The van der Waals surface area contributed by atoms with Gasteiger partial charge in [0.05, 0.1) is 5.56 Å². The third-order valence-electron chi connectivity index (χ3n) is 7.38. The van der Waals surface area contributed by atoms with Gasteiger partial charge in [-0.3, -0.25) is 19.8 Å². The van der Waals surface area contributed by atoms with Crippen molar-refractivity contribution in [2.45, 2.75) is 44.2 Å². The fraction of sp³-hybridized carbons (Fsp3) is 0.520. The number of anilines is 1. The topological polar surface area (TPSA) is 111 Å². The molecular formula is C25H31N5O5S. The molecule has 1 aromatic heterocycles. The molecule has 11 heteroatoms. The summed E-state index contributed by atoms with van der Waals surface area (Å²) in [6.07, 6.45) is 2.27. The first-order valence-electron chi connectivity index (χ1n) is 12.4. The van der Waals surface area contributed by atoms with Crippen LogP contribution < -0.4 is 10.6 Å². The van der Waals surface area contributed by atoms with Crippen LogP contribution in [-0.2, 0) is 9.53 Å². The molecule has 0 aliphatic carbocycles. The minimum Gasteiger partial charge on any atom is -0.431 e. The number of nitrogens with one attached hydrogen (secondary N) is 2. The number of amides is 5. The number of urea groups is 1. The molecular weight excluding hydrogens is 482 g/mol. The second-order valence-electron chi connectivity index (χ2n) is 9.61. The molecule has 4 heterocycles. The van der Waals surface area contributed by atoms with Gasteiger partial charge in [0.25, 0.3) is 11.8 Å². The first-order chi connectivity index (χ1) is 17.3. The number of rotatable bonds is 4. The van der Waals surface area contributed by atoms with E-state index in [0.717, 1.165) is 40.8 Å². The second kappa shape index (κ2) is 9.70. The Morgan fingerprint density at radius 1 is 1.17 bits per heavy atom. The van der Waals surface area contributed by atoms with Gasteiger partial charge >= 0.3 is 12.1 Å². The summed E-state index contributed by atoms with van der Waals surface area (Å²) in [7, 11) is 1.46. The number of fused-ring (bicyclic) bond motifs is 1. The van der Waals surface area contributed by atoms with Gasteiger partial charge in [-0.25, -0.2) is 14.5 Å². The molecule has 5 amide bonds. The summed E-state index contributed by atoms with van der Waals surface area (Å²) < 4.78 is 6.49. The van der Waals surface area contributed by atoms with Crippen LogP contribution >= 0.6 is 11.3 Å². The molecule has 0 bridgehead atoms. The Bertz CT molecular complexity index is 1210. The number of carbonyl (C=O) groups is 4. The summed E-state index contributed by atoms with van der Waals surface area (Å²) in [5.41, 5.74) is -0.546. The smallest absolute Gasteiger partial charge is 0.417 e. The second-order valence-corrected chi connectivity index (χ2v) is 10.7. The molecule has 3 fully saturated rings. The number of hydrogen-bond donors (Lipinski definition) is 2. The molecule has 36 heavy (non-hydrogen) atoms. The van der Waals surface area contributed by atoms with E-state index in [1.165, 1.54) is 18.4 Å². The molecule has 3 saturated heterocycles. The molecule has 0 radical (unpaired) electrons. The van der Waals surface area contributed by atoms with Crippen molar-refractivity contribution < 1.29 is 23.9 Å². The first-order valence-corrected chi connectivity index (χ1v) is 13.3. The molecule has 192 valence electrons. The molecule has 0 saturated carbocycles. The van der Waals surface area contributed by atoms with E-state index in [9.17, 15) is 19.2 Å². The van der Waals surface area contributed by atoms with Crippen molar-refractivity contribution in [3.63, 3.8) is 0 Å². The van der Waals surface area contributed by atoms with Crippen molar-refractivity contribution in [2.24, 2.45) is 0 Å². The summed E-state index contributed by atoms with van der Waals surface area (Å²) in [5.74, 6) is -0.351. The number of piperidine rings is 2. The van der Waals surface area contributed by atoms with Crippen molar-refractivity contribution >= 4 is 50.4 Å². The Balaban J connectivity index is 1.28. The van der Waals surface area contributed by atoms with Gasteiger partial charge in [0.15, 0.2) is 0 Å². The van der Waals surface area contributed by atoms with Gasteiger partial charge in [0.2, 0.25) is 5.60 Å². The average molecular weight is 514 g/mol. The van der Waals surface area contributed by atoms with Crippen molar-refractivity contribution in [1.82, 2.24) is 20.0 Å². The van der Waals surface area contributed by atoms with E-state index in [4.69, 9.17) is 4.74 Å². The van der Waals surface area contributed by atoms with Crippen LogP contribution in [0.5, 0.6) is 0 Å². The molecule has 1 unspecified atom stereocenters. The van der Waals surface area contributed by atoms with Gasteiger partial charge in [-0.1, -0.05) is 18.2 Å². The third-order valence-corrected chi connectivity index (χ3v) is 8.46. The zero-order valence-electron chi connectivity index (χ0n) is 20.5. The largest absolute Gasteiger partial charge is 0.431 e. The normalized spacial score (nSPS) is 23.4. The molecule has 1 aromatic carbocycles. The van der Waals surface area contributed by atoms with Crippen molar-refractivity contribution in [3.8, 4) is 0 Å². The quantitative estimate of drug-likeness (QED) is 0.650. The molecule has 10 nitrogen and oxygen atoms in total. The van der Waals surface area contributed by atoms with Crippen LogP contribution in [0.4, 0.5) is 14.6 Å². The molecule has 3 aliphatic rings. The lowest BCUT2D eigenvalue weighted by molar-refractivity contribution is -0.141. The highest BCUT2D eigenvalue weighted by Gasteiger charge is 2.55. The molecule has 2 N–H and O–H groups in total. The number of likely N-dealkylation sites (tertiary alicyclic amines) is 2. The lowest BCUT2D eigenvalue weighted by Crippen LogP contribution is -2.57. The van der Waals surface area contributed by atoms with Gasteiger partial charge in [0.1, 0.15) is 5.00 Å². The fourth-order valence-electron chi connectivity index (χ4n) is 5.54. The standard InChI is InChI=1S/C25H31N5O5S/c1-3-26-23(33)27-20-19(17-7-4-5-8-18(17)36-20)21(31)29-13-9-16(10-14-29)30-12-6-11-25(15-30)22(32)28(2)24(34)35-25/h4-5,7-8,16H,3,6,9-15H2,1-2H3,(H2,26,27,33). The minimum atomic E-state index is -1.08. The van der Waals surface area contributed by atoms with Crippen LogP contribution in [-0.4, -0.2) is 90.1 Å². The predicted molar refractivity (Wildman–Crippen MR) is 136 cm³/mol. The molecule has 5 rings (SSSR count).